The molecular weight excluding hydrogens is 280 g/mol. The maximum atomic E-state index is 11.7. The van der Waals surface area contributed by atoms with Crippen molar-refractivity contribution < 1.29 is 9.59 Å². The molecule has 6 nitrogen and oxygen atoms in total. The molecule has 1 saturated heterocycles. The molecule has 2 heterocycles. The fourth-order valence-electron chi connectivity index (χ4n) is 2.75. The van der Waals surface area contributed by atoms with Gasteiger partial charge in [0.1, 0.15) is 0 Å². The van der Waals surface area contributed by atoms with Gasteiger partial charge in [0.2, 0.25) is 5.91 Å². The Labute approximate surface area is 131 Å². The number of nitrogens with zero attached hydrogens (tertiary/aromatic N) is 2. The summed E-state index contributed by atoms with van der Waals surface area (Å²) in [6, 6.07) is 1.83. The van der Waals surface area contributed by atoms with E-state index in [1.165, 1.54) is 6.20 Å². The van der Waals surface area contributed by atoms with E-state index in [0.29, 0.717) is 18.0 Å². The molecule has 1 aromatic rings. The van der Waals surface area contributed by atoms with Crippen LogP contribution in [0.5, 0.6) is 0 Å². The highest BCUT2D eigenvalue weighted by molar-refractivity contribution is 5.98. The monoisotopic (exact) mass is 304 g/mol. The number of pyridine rings is 1. The second-order valence-corrected chi connectivity index (χ2v) is 6.11. The van der Waals surface area contributed by atoms with Crippen LogP contribution in [0, 0.1) is 11.8 Å². The second kappa shape index (κ2) is 7.24. The predicted octanol–water partition coefficient (Wildman–Crippen LogP) is 1.17. The van der Waals surface area contributed by atoms with E-state index in [-0.39, 0.29) is 11.8 Å². The lowest BCUT2D eigenvalue weighted by atomic mass is 9.96. The summed E-state index contributed by atoms with van der Waals surface area (Å²) in [5.74, 6) is 0.00360. The highest BCUT2D eigenvalue weighted by Crippen LogP contribution is 2.25. The second-order valence-electron chi connectivity index (χ2n) is 6.11. The molecule has 120 valence electrons. The molecule has 0 radical (unpaired) electrons. The van der Waals surface area contributed by atoms with Gasteiger partial charge in [0.05, 0.1) is 11.3 Å². The molecule has 6 heteroatoms. The zero-order valence-electron chi connectivity index (χ0n) is 13.2. The fraction of sp³-hybridized carbons (Fsp3) is 0.562. The minimum atomic E-state index is -0.460. The normalized spacial score (nSPS) is 18.3. The van der Waals surface area contributed by atoms with Crippen LogP contribution in [0.2, 0.25) is 0 Å². The van der Waals surface area contributed by atoms with E-state index in [1.54, 1.807) is 6.20 Å². The Kier molecular flexibility index (Phi) is 5.35. The molecule has 1 aromatic heterocycles. The number of aromatic nitrogens is 1. The van der Waals surface area contributed by atoms with Gasteiger partial charge < -0.3 is 16.0 Å². The lowest BCUT2D eigenvalue weighted by Crippen LogP contribution is -2.42. The number of nitrogens with two attached hydrogens (primary N) is 1. The number of anilines is 1. The van der Waals surface area contributed by atoms with Crippen LogP contribution in [-0.4, -0.2) is 36.4 Å². The van der Waals surface area contributed by atoms with Crippen LogP contribution in [-0.2, 0) is 4.79 Å². The van der Waals surface area contributed by atoms with E-state index in [4.69, 9.17) is 5.73 Å². The molecule has 0 saturated carbocycles. The number of carbonyl (C=O) groups excluding carboxylic acids is 2. The van der Waals surface area contributed by atoms with Crippen molar-refractivity contribution >= 4 is 17.5 Å². The highest BCUT2D eigenvalue weighted by atomic mass is 16.2. The van der Waals surface area contributed by atoms with Gasteiger partial charge in [-0.25, -0.2) is 0 Å². The SMILES string of the molecule is CC(C)C(=O)NCC1CCCN(c2ccncc2C(N)=O)C1. The van der Waals surface area contributed by atoms with Gasteiger partial charge in [0, 0.05) is 37.9 Å². The molecule has 0 aliphatic carbocycles. The number of piperidine rings is 1. The fourth-order valence-corrected chi connectivity index (χ4v) is 2.75. The summed E-state index contributed by atoms with van der Waals surface area (Å²) in [6.45, 7) is 6.14. The van der Waals surface area contributed by atoms with Crippen molar-refractivity contribution in [1.82, 2.24) is 10.3 Å². The van der Waals surface area contributed by atoms with Crippen molar-refractivity contribution in [2.75, 3.05) is 24.5 Å². The summed E-state index contributed by atoms with van der Waals surface area (Å²) in [7, 11) is 0. The Bertz CT molecular complexity index is 545. The van der Waals surface area contributed by atoms with Crippen LogP contribution < -0.4 is 16.0 Å². The average molecular weight is 304 g/mol. The van der Waals surface area contributed by atoms with Crippen molar-refractivity contribution in [1.29, 1.82) is 0 Å². The average Bonchev–Trinajstić information content (AvgIpc) is 2.52. The first-order valence-electron chi connectivity index (χ1n) is 7.75. The Morgan fingerprint density at radius 3 is 2.95 bits per heavy atom. The largest absolute Gasteiger partial charge is 0.370 e. The van der Waals surface area contributed by atoms with Crippen LogP contribution in [0.15, 0.2) is 18.5 Å². The number of hydrogen-bond donors (Lipinski definition) is 2. The highest BCUT2D eigenvalue weighted by Gasteiger charge is 2.23. The lowest BCUT2D eigenvalue weighted by Gasteiger charge is -2.35. The molecule has 0 aromatic carbocycles. The van der Waals surface area contributed by atoms with Gasteiger partial charge >= 0.3 is 0 Å². The Morgan fingerprint density at radius 1 is 1.50 bits per heavy atom. The molecule has 2 rings (SSSR count). The maximum absolute atomic E-state index is 11.7. The van der Waals surface area contributed by atoms with Crippen molar-refractivity contribution in [3.05, 3.63) is 24.0 Å². The molecule has 3 N–H and O–H groups in total. The van der Waals surface area contributed by atoms with E-state index in [0.717, 1.165) is 31.6 Å². The summed E-state index contributed by atoms with van der Waals surface area (Å²) in [6.07, 6.45) is 5.29. The van der Waals surface area contributed by atoms with E-state index < -0.39 is 5.91 Å². The van der Waals surface area contributed by atoms with Gasteiger partial charge in [-0.3, -0.25) is 14.6 Å². The predicted molar refractivity (Wildman–Crippen MR) is 85.5 cm³/mol. The van der Waals surface area contributed by atoms with Crippen molar-refractivity contribution in [3.8, 4) is 0 Å². The number of carbonyl (C=O) groups is 2. The molecule has 22 heavy (non-hydrogen) atoms. The summed E-state index contributed by atoms with van der Waals surface area (Å²) < 4.78 is 0. The molecule has 1 unspecified atom stereocenters. The molecule has 0 bridgehead atoms. The van der Waals surface area contributed by atoms with Crippen LogP contribution in [0.4, 0.5) is 5.69 Å². The number of hydrogen-bond acceptors (Lipinski definition) is 4. The Hall–Kier alpha value is -2.11. The summed E-state index contributed by atoms with van der Waals surface area (Å²) in [4.78, 5) is 29.4. The van der Waals surface area contributed by atoms with Gasteiger partial charge in [-0.2, -0.15) is 0 Å². The van der Waals surface area contributed by atoms with Crippen molar-refractivity contribution in [2.45, 2.75) is 26.7 Å². The first kappa shape index (κ1) is 16.3. The smallest absolute Gasteiger partial charge is 0.252 e. The maximum Gasteiger partial charge on any atom is 0.252 e. The van der Waals surface area contributed by atoms with Gasteiger partial charge in [-0.05, 0) is 24.8 Å². The molecule has 2 amide bonds. The van der Waals surface area contributed by atoms with Gasteiger partial charge in [0.25, 0.3) is 5.91 Å². The lowest BCUT2D eigenvalue weighted by molar-refractivity contribution is -0.124. The number of primary amides is 1. The Balaban J connectivity index is 2.02. The number of nitrogens with one attached hydrogen (secondary N) is 1. The van der Waals surface area contributed by atoms with Crippen LogP contribution in [0.1, 0.15) is 37.0 Å². The van der Waals surface area contributed by atoms with Crippen LogP contribution >= 0.6 is 0 Å². The molecular formula is C16H24N4O2. The molecule has 1 aliphatic rings. The molecule has 1 fully saturated rings. The third-order valence-electron chi connectivity index (χ3n) is 4.01. The van der Waals surface area contributed by atoms with E-state index in [2.05, 4.69) is 15.2 Å². The van der Waals surface area contributed by atoms with Crippen LogP contribution in [0.25, 0.3) is 0 Å². The van der Waals surface area contributed by atoms with Crippen LogP contribution in [0.3, 0.4) is 0 Å². The summed E-state index contributed by atoms with van der Waals surface area (Å²) in [5, 5.41) is 2.99. The molecule has 0 spiro atoms. The topological polar surface area (TPSA) is 88.3 Å². The third kappa shape index (κ3) is 3.96. The zero-order chi connectivity index (χ0) is 16.1. The standard InChI is InChI=1S/C16H24N4O2/c1-11(2)16(22)19-8-12-4-3-7-20(10-12)14-5-6-18-9-13(14)15(17)21/h5-6,9,11-12H,3-4,7-8,10H2,1-2H3,(H2,17,21)(H,19,22). The first-order chi connectivity index (χ1) is 10.5. The quantitative estimate of drug-likeness (QED) is 0.854. The number of rotatable bonds is 5. The van der Waals surface area contributed by atoms with Crippen molar-refractivity contribution in [3.63, 3.8) is 0 Å². The van der Waals surface area contributed by atoms with Gasteiger partial charge in [0.15, 0.2) is 0 Å². The first-order valence-corrected chi connectivity index (χ1v) is 7.75. The van der Waals surface area contributed by atoms with E-state index >= 15 is 0 Å². The van der Waals surface area contributed by atoms with Crippen molar-refractivity contribution in [2.24, 2.45) is 17.6 Å². The summed E-state index contributed by atoms with van der Waals surface area (Å²) in [5.41, 5.74) is 6.71. The number of amides is 2. The van der Waals surface area contributed by atoms with E-state index in [1.807, 2.05) is 19.9 Å². The molecule has 1 atom stereocenters. The van der Waals surface area contributed by atoms with Gasteiger partial charge in [-0.1, -0.05) is 13.8 Å². The minimum Gasteiger partial charge on any atom is -0.370 e. The zero-order valence-corrected chi connectivity index (χ0v) is 13.2. The van der Waals surface area contributed by atoms with Gasteiger partial charge in [-0.15, -0.1) is 0 Å². The third-order valence-corrected chi connectivity index (χ3v) is 4.01. The molecule has 1 aliphatic heterocycles. The minimum absolute atomic E-state index is 0.00126. The summed E-state index contributed by atoms with van der Waals surface area (Å²) >= 11 is 0. The Morgan fingerprint density at radius 2 is 2.27 bits per heavy atom. The van der Waals surface area contributed by atoms with E-state index in [9.17, 15) is 9.59 Å².